The van der Waals surface area contributed by atoms with Crippen molar-refractivity contribution in [3.05, 3.63) is 0 Å². The highest BCUT2D eigenvalue weighted by atomic mass is 127. The Labute approximate surface area is 130 Å². The largest absolute Gasteiger partial charge is 1.00 e. The van der Waals surface area contributed by atoms with Gasteiger partial charge in [0.1, 0.15) is 0 Å². The number of rotatable bonds is 6. The Morgan fingerprint density at radius 3 is 2.17 bits per heavy atom. The van der Waals surface area contributed by atoms with Crippen LogP contribution in [0.15, 0.2) is 0 Å². The Bertz CT molecular complexity index is 234. The third-order valence-corrected chi connectivity index (χ3v) is 3.80. The average molecular weight is 368 g/mol. The van der Waals surface area contributed by atoms with E-state index in [-0.39, 0.29) is 24.0 Å². The molecule has 108 valence electrons. The number of carbonyl (C=O) groups is 1. The minimum absolute atomic E-state index is 0. The number of unbranched alkanes of at least 4 members (excludes halogenated alkanes) is 4. The van der Waals surface area contributed by atoms with E-state index in [1.165, 1.54) is 25.7 Å². The lowest BCUT2D eigenvalue weighted by molar-refractivity contribution is -0.894. The van der Waals surface area contributed by atoms with Crippen LogP contribution < -0.4 is 24.0 Å². The standard InChI is InChI=1S/C14H29N2O.HI/c1-4-5-6-7-8-9-14(17)15-10-12-16(2,3)13-11-15;/h4-13H2,1-3H3;1H/q+1;/p-1. The quantitative estimate of drug-likeness (QED) is 0.344. The molecule has 0 bridgehead atoms. The van der Waals surface area contributed by atoms with Gasteiger partial charge in [0.05, 0.1) is 40.3 Å². The molecule has 0 aromatic carbocycles. The topological polar surface area (TPSA) is 20.3 Å². The van der Waals surface area contributed by atoms with E-state index in [9.17, 15) is 4.79 Å². The van der Waals surface area contributed by atoms with Gasteiger partial charge < -0.3 is 33.4 Å². The zero-order chi connectivity index (χ0) is 12.7. The van der Waals surface area contributed by atoms with E-state index in [0.717, 1.165) is 43.5 Å². The van der Waals surface area contributed by atoms with E-state index in [0.29, 0.717) is 5.91 Å². The molecule has 1 saturated heterocycles. The van der Waals surface area contributed by atoms with Gasteiger partial charge >= 0.3 is 0 Å². The van der Waals surface area contributed by atoms with Gasteiger partial charge in [0, 0.05) is 6.42 Å². The first-order chi connectivity index (χ1) is 8.05. The number of likely N-dealkylation sites (N-methyl/N-ethyl adjacent to an activating group) is 1. The first kappa shape index (κ1) is 18.2. The van der Waals surface area contributed by atoms with E-state index in [2.05, 4.69) is 25.9 Å². The Balaban J connectivity index is 0.00000289. The van der Waals surface area contributed by atoms with Crippen molar-refractivity contribution >= 4 is 5.91 Å². The molecule has 0 aromatic heterocycles. The fourth-order valence-electron chi connectivity index (χ4n) is 2.29. The van der Waals surface area contributed by atoms with E-state index < -0.39 is 0 Å². The summed E-state index contributed by atoms with van der Waals surface area (Å²) < 4.78 is 1.06. The number of hydrogen-bond acceptors (Lipinski definition) is 1. The number of quaternary nitrogens is 1. The minimum Gasteiger partial charge on any atom is -1.00 e. The van der Waals surface area contributed by atoms with Crippen LogP contribution in [-0.2, 0) is 4.79 Å². The summed E-state index contributed by atoms with van der Waals surface area (Å²) in [5.41, 5.74) is 0. The maximum absolute atomic E-state index is 12.0. The second-order valence-corrected chi connectivity index (χ2v) is 5.93. The average Bonchev–Trinajstić information content (AvgIpc) is 2.28. The van der Waals surface area contributed by atoms with Crippen molar-refractivity contribution in [2.45, 2.75) is 45.4 Å². The molecule has 1 fully saturated rings. The molecule has 0 atom stereocenters. The Morgan fingerprint density at radius 2 is 1.61 bits per heavy atom. The molecule has 3 nitrogen and oxygen atoms in total. The van der Waals surface area contributed by atoms with Gasteiger partial charge in [-0.05, 0) is 6.42 Å². The van der Waals surface area contributed by atoms with Crippen LogP contribution in [0.4, 0.5) is 0 Å². The van der Waals surface area contributed by atoms with Crippen LogP contribution in [0.5, 0.6) is 0 Å². The molecule has 1 aliphatic heterocycles. The number of amides is 1. The molecule has 4 heteroatoms. The van der Waals surface area contributed by atoms with Crippen molar-refractivity contribution in [1.82, 2.24) is 4.90 Å². The summed E-state index contributed by atoms with van der Waals surface area (Å²) in [6.07, 6.45) is 6.92. The summed E-state index contributed by atoms with van der Waals surface area (Å²) in [7, 11) is 4.49. The van der Waals surface area contributed by atoms with Crippen LogP contribution >= 0.6 is 0 Å². The first-order valence-electron chi connectivity index (χ1n) is 7.15. The maximum Gasteiger partial charge on any atom is 0.222 e. The minimum atomic E-state index is 0. The van der Waals surface area contributed by atoms with Gasteiger partial charge in [-0.25, -0.2) is 0 Å². The third-order valence-electron chi connectivity index (χ3n) is 3.80. The molecule has 0 spiro atoms. The van der Waals surface area contributed by atoms with Crippen LogP contribution in [-0.4, -0.2) is 55.6 Å². The zero-order valence-electron chi connectivity index (χ0n) is 12.3. The highest BCUT2D eigenvalue weighted by molar-refractivity contribution is 5.76. The lowest BCUT2D eigenvalue weighted by Gasteiger charge is -2.39. The third kappa shape index (κ3) is 6.92. The number of carbonyl (C=O) groups excluding carboxylic acids is 1. The van der Waals surface area contributed by atoms with Gasteiger partial charge in [0.15, 0.2) is 0 Å². The van der Waals surface area contributed by atoms with Crippen LogP contribution in [0, 0.1) is 0 Å². The van der Waals surface area contributed by atoms with Crippen LogP contribution in [0.2, 0.25) is 0 Å². The van der Waals surface area contributed by atoms with Gasteiger partial charge in [-0.2, -0.15) is 0 Å². The highest BCUT2D eigenvalue weighted by Crippen LogP contribution is 2.11. The van der Waals surface area contributed by atoms with Crippen LogP contribution in [0.1, 0.15) is 45.4 Å². The number of halogens is 1. The van der Waals surface area contributed by atoms with Gasteiger partial charge in [0.25, 0.3) is 0 Å². The Kier molecular flexibility index (Phi) is 9.21. The molecule has 0 radical (unpaired) electrons. The van der Waals surface area contributed by atoms with Crippen LogP contribution in [0.25, 0.3) is 0 Å². The molecular weight excluding hydrogens is 339 g/mol. The normalized spacial score (nSPS) is 18.3. The summed E-state index contributed by atoms with van der Waals surface area (Å²) in [6, 6.07) is 0. The Hall–Kier alpha value is 0.160. The fraction of sp³-hybridized carbons (Fsp3) is 0.929. The Morgan fingerprint density at radius 1 is 1.06 bits per heavy atom. The highest BCUT2D eigenvalue weighted by Gasteiger charge is 2.26. The molecule has 0 N–H and O–H groups in total. The molecule has 0 aliphatic carbocycles. The number of piperazine rings is 1. The predicted octanol–water partition coefficient (Wildman–Crippen LogP) is -0.730. The monoisotopic (exact) mass is 368 g/mol. The van der Waals surface area contributed by atoms with Crippen molar-refractivity contribution in [3.8, 4) is 0 Å². The fourth-order valence-corrected chi connectivity index (χ4v) is 2.29. The van der Waals surface area contributed by atoms with Gasteiger partial charge in [-0.1, -0.05) is 32.6 Å². The van der Waals surface area contributed by atoms with Crippen molar-refractivity contribution in [2.75, 3.05) is 40.3 Å². The van der Waals surface area contributed by atoms with Gasteiger partial charge in [-0.3, -0.25) is 4.79 Å². The summed E-state index contributed by atoms with van der Waals surface area (Å²) in [5, 5.41) is 0. The number of hydrogen-bond donors (Lipinski definition) is 0. The molecule has 18 heavy (non-hydrogen) atoms. The summed E-state index contributed by atoms with van der Waals surface area (Å²) >= 11 is 0. The first-order valence-corrected chi connectivity index (χ1v) is 7.15. The van der Waals surface area contributed by atoms with E-state index >= 15 is 0 Å². The van der Waals surface area contributed by atoms with Gasteiger partial charge in [0.2, 0.25) is 5.91 Å². The summed E-state index contributed by atoms with van der Waals surface area (Å²) in [4.78, 5) is 14.0. The van der Waals surface area contributed by atoms with Crippen molar-refractivity contribution in [2.24, 2.45) is 0 Å². The summed E-state index contributed by atoms with van der Waals surface area (Å²) in [6.45, 7) is 6.31. The molecule has 0 saturated carbocycles. The molecule has 1 amide bonds. The smallest absolute Gasteiger partial charge is 0.222 e. The molecular formula is C14H29IN2O. The van der Waals surface area contributed by atoms with E-state index in [4.69, 9.17) is 0 Å². The number of nitrogens with zero attached hydrogens (tertiary/aromatic N) is 2. The van der Waals surface area contributed by atoms with Gasteiger partial charge in [-0.15, -0.1) is 0 Å². The van der Waals surface area contributed by atoms with Crippen molar-refractivity contribution < 1.29 is 33.3 Å². The second-order valence-electron chi connectivity index (χ2n) is 5.93. The van der Waals surface area contributed by atoms with E-state index in [1.54, 1.807) is 0 Å². The molecule has 0 aromatic rings. The lowest BCUT2D eigenvalue weighted by atomic mass is 10.1. The molecule has 0 unspecified atom stereocenters. The molecule has 1 heterocycles. The lowest BCUT2D eigenvalue weighted by Crippen LogP contribution is -3.00. The molecule has 1 aliphatic rings. The predicted molar refractivity (Wildman–Crippen MR) is 71.8 cm³/mol. The SMILES string of the molecule is CCCCCCCC(=O)N1CC[N+](C)(C)CC1.[I-]. The van der Waals surface area contributed by atoms with Crippen molar-refractivity contribution in [1.29, 1.82) is 0 Å². The second kappa shape index (κ2) is 9.13. The van der Waals surface area contributed by atoms with E-state index in [1.807, 2.05) is 0 Å². The molecule has 1 rings (SSSR count). The van der Waals surface area contributed by atoms with Crippen molar-refractivity contribution in [3.63, 3.8) is 0 Å². The maximum atomic E-state index is 12.0. The summed E-state index contributed by atoms with van der Waals surface area (Å²) in [5.74, 6) is 0.376. The van der Waals surface area contributed by atoms with Crippen LogP contribution in [0.3, 0.4) is 0 Å². The zero-order valence-corrected chi connectivity index (χ0v) is 14.4.